The number of nitrogens with zero attached hydrogens (tertiary/aromatic N) is 5. The molecular formula is C24H22FN5O. The summed E-state index contributed by atoms with van der Waals surface area (Å²) >= 11 is 0. The predicted octanol–water partition coefficient (Wildman–Crippen LogP) is 3.87. The molecular weight excluding hydrogens is 393 g/mol. The number of hydrogen-bond donors (Lipinski definition) is 0. The van der Waals surface area contributed by atoms with Crippen molar-refractivity contribution >= 4 is 11.6 Å². The third-order valence-corrected chi connectivity index (χ3v) is 5.79. The average molecular weight is 415 g/mol. The number of benzene rings is 1. The molecule has 31 heavy (non-hydrogen) atoms. The van der Waals surface area contributed by atoms with Crippen molar-refractivity contribution in [3.8, 4) is 0 Å². The van der Waals surface area contributed by atoms with Crippen molar-refractivity contribution in [3.63, 3.8) is 0 Å². The van der Waals surface area contributed by atoms with Gasteiger partial charge in [0.05, 0.1) is 6.20 Å². The Kier molecular flexibility index (Phi) is 5.16. The fourth-order valence-corrected chi connectivity index (χ4v) is 4.21. The summed E-state index contributed by atoms with van der Waals surface area (Å²) in [7, 11) is 0. The van der Waals surface area contributed by atoms with Gasteiger partial charge in [-0.3, -0.25) is 9.78 Å². The first-order chi connectivity index (χ1) is 15.2. The maximum Gasteiger partial charge on any atom is 0.259 e. The number of pyridine rings is 1. The van der Waals surface area contributed by atoms with Crippen molar-refractivity contribution in [2.75, 3.05) is 13.1 Å². The maximum atomic E-state index is 14.0. The Hall–Kier alpha value is -3.61. The molecule has 1 saturated heterocycles. The van der Waals surface area contributed by atoms with Gasteiger partial charge in [-0.1, -0.05) is 24.3 Å². The van der Waals surface area contributed by atoms with Crippen LogP contribution in [0.25, 0.3) is 5.65 Å². The number of hydrogen-bond acceptors (Lipinski definition) is 4. The standard InChI is InChI=1S/C24H22FN5O/c25-21-9-2-1-6-17(21)14-19-8-3-10-22(28-19)18-7-4-12-29(16-18)24(31)20-15-27-30-13-5-11-26-23(20)30/h1-3,5-6,8-11,13,15,18H,4,7,12,14,16H2. The first kappa shape index (κ1) is 19.4. The number of carbonyl (C=O) groups is 1. The van der Waals surface area contributed by atoms with E-state index in [-0.39, 0.29) is 17.6 Å². The highest BCUT2D eigenvalue weighted by Crippen LogP contribution is 2.27. The van der Waals surface area contributed by atoms with Gasteiger partial charge in [0.2, 0.25) is 0 Å². The summed E-state index contributed by atoms with van der Waals surface area (Å²) in [6.07, 6.45) is 7.35. The molecule has 1 fully saturated rings. The van der Waals surface area contributed by atoms with Gasteiger partial charge in [0.1, 0.15) is 11.4 Å². The van der Waals surface area contributed by atoms with E-state index in [0.717, 1.165) is 24.2 Å². The zero-order valence-electron chi connectivity index (χ0n) is 17.0. The molecule has 0 radical (unpaired) electrons. The molecule has 1 aromatic carbocycles. The molecule has 1 amide bonds. The van der Waals surface area contributed by atoms with Crippen molar-refractivity contribution in [1.82, 2.24) is 24.5 Å². The summed E-state index contributed by atoms with van der Waals surface area (Å²) in [5, 5.41) is 4.23. The number of fused-ring (bicyclic) bond motifs is 1. The number of likely N-dealkylation sites (tertiary alicyclic amines) is 1. The van der Waals surface area contributed by atoms with Crippen molar-refractivity contribution < 1.29 is 9.18 Å². The van der Waals surface area contributed by atoms with Crippen LogP contribution in [0.2, 0.25) is 0 Å². The quantitative estimate of drug-likeness (QED) is 0.508. The molecule has 7 heteroatoms. The van der Waals surface area contributed by atoms with Crippen LogP contribution in [0.4, 0.5) is 4.39 Å². The molecule has 5 rings (SSSR count). The Morgan fingerprint density at radius 1 is 1.13 bits per heavy atom. The second kappa shape index (κ2) is 8.26. The first-order valence-corrected chi connectivity index (χ1v) is 10.5. The van der Waals surface area contributed by atoms with Crippen LogP contribution in [0.3, 0.4) is 0 Å². The zero-order chi connectivity index (χ0) is 21.2. The van der Waals surface area contributed by atoms with Crippen LogP contribution in [0.15, 0.2) is 67.1 Å². The highest BCUT2D eigenvalue weighted by molar-refractivity contribution is 5.99. The zero-order valence-corrected chi connectivity index (χ0v) is 17.0. The van der Waals surface area contributed by atoms with Crippen LogP contribution in [-0.2, 0) is 6.42 Å². The fourth-order valence-electron chi connectivity index (χ4n) is 4.21. The molecule has 0 saturated carbocycles. The van der Waals surface area contributed by atoms with Crippen molar-refractivity contribution in [3.05, 3.63) is 95.5 Å². The number of halogens is 1. The van der Waals surface area contributed by atoms with E-state index in [1.54, 1.807) is 41.3 Å². The molecule has 6 nitrogen and oxygen atoms in total. The lowest BCUT2D eigenvalue weighted by Crippen LogP contribution is -2.39. The Balaban J connectivity index is 1.35. The fraction of sp³-hybridized carbons (Fsp3) is 0.250. The van der Waals surface area contributed by atoms with Crippen molar-refractivity contribution in [2.45, 2.75) is 25.2 Å². The second-order valence-corrected chi connectivity index (χ2v) is 7.86. The molecule has 4 aromatic rings. The molecule has 3 aromatic heterocycles. The topological polar surface area (TPSA) is 63.4 Å². The van der Waals surface area contributed by atoms with E-state index >= 15 is 0 Å². The maximum absolute atomic E-state index is 14.0. The molecule has 156 valence electrons. The Labute approximate surface area is 179 Å². The second-order valence-electron chi connectivity index (χ2n) is 7.86. The van der Waals surface area contributed by atoms with Gasteiger partial charge in [-0.2, -0.15) is 5.10 Å². The van der Waals surface area contributed by atoms with E-state index in [9.17, 15) is 9.18 Å². The first-order valence-electron chi connectivity index (χ1n) is 10.5. The van der Waals surface area contributed by atoms with Crippen LogP contribution in [0.1, 0.15) is 46.1 Å². The summed E-state index contributed by atoms with van der Waals surface area (Å²) in [4.78, 5) is 24.1. The lowest BCUT2D eigenvalue weighted by atomic mass is 9.93. The van der Waals surface area contributed by atoms with Gasteiger partial charge < -0.3 is 4.90 Å². The molecule has 0 bridgehead atoms. The Morgan fingerprint density at radius 3 is 2.94 bits per heavy atom. The van der Waals surface area contributed by atoms with Crippen LogP contribution in [0.5, 0.6) is 0 Å². The van der Waals surface area contributed by atoms with E-state index in [2.05, 4.69) is 10.1 Å². The summed E-state index contributed by atoms with van der Waals surface area (Å²) in [6, 6.07) is 14.5. The van der Waals surface area contributed by atoms with Crippen molar-refractivity contribution in [2.24, 2.45) is 0 Å². The molecule has 1 aliphatic heterocycles. The summed E-state index contributed by atoms with van der Waals surface area (Å²) in [5.41, 5.74) is 3.50. The van der Waals surface area contributed by atoms with Gasteiger partial charge in [0, 0.05) is 49.2 Å². The number of piperidine rings is 1. The third-order valence-electron chi connectivity index (χ3n) is 5.79. The molecule has 1 unspecified atom stereocenters. The number of aromatic nitrogens is 4. The lowest BCUT2D eigenvalue weighted by molar-refractivity contribution is 0.0707. The van der Waals surface area contributed by atoms with E-state index in [1.807, 2.05) is 29.2 Å². The Morgan fingerprint density at radius 2 is 2.03 bits per heavy atom. The van der Waals surface area contributed by atoms with Gasteiger partial charge in [-0.15, -0.1) is 0 Å². The Bertz CT molecular complexity index is 1240. The van der Waals surface area contributed by atoms with Gasteiger partial charge in [-0.25, -0.2) is 13.9 Å². The molecule has 4 heterocycles. The number of carbonyl (C=O) groups excluding carboxylic acids is 1. The van der Waals surface area contributed by atoms with Gasteiger partial charge >= 0.3 is 0 Å². The van der Waals surface area contributed by atoms with Crippen LogP contribution < -0.4 is 0 Å². The van der Waals surface area contributed by atoms with Crippen LogP contribution in [0, 0.1) is 5.82 Å². The van der Waals surface area contributed by atoms with E-state index < -0.39 is 0 Å². The molecule has 1 atom stereocenters. The number of amides is 1. The summed E-state index contributed by atoms with van der Waals surface area (Å²) in [6.45, 7) is 1.30. The predicted molar refractivity (Wildman–Crippen MR) is 114 cm³/mol. The lowest BCUT2D eigenvalue weighted by Gasteiger charge is -2.32. The minimum Gasteiger partial charge on any atom is -0.338 e. The molecule has 0 aliphatic carbocycles. The normalized spacial score (nSPS) is 16.5. The minimum absolute atomic E-state index is 0.0547. The smallest absolute Gasteiger partial charge is 0.259 e. The van der Waals surface area contributed by atoms with E-state index in [1.165, 1.54) is 6.07 Å². The molecule has 0 N–H and O–H groups in total. The van der Waals surface area contributed by atoms with Gasteiger partial charge in [0.15, 0.2) is 5.65 Å². The van der Waals surface area contributed by atoms with Crippen LogP contribution >= 0.6 is 0 Å². The van der Waals surface area contributed by atoms with Crippen LogP contribution in [-0.4, -0.2) is 43.5 Å². The van der Waals surface area contributed by atoms with E-state index in [4.69, 9.17) is 4.98 Å². The van der Waals surface area contributed by atoms with E-state index in [0.29, 0.717) is 36.3 Å². The summed E-state index contributed by atoms with van der Waals surface area (Å²) in [5.74, 6) is -0.125. The minimum atomic E-state index is -0.217. The summed E-state index contributed by atoms with van der Waals surface area (Å²) < 4.78 is 15.6. The largest absolute Gasteiger partial charge is 0.338 e. The highest BCUT2D eigenvalue weighted by Gasteiger charge is 2.28. The van der Waals surface area contributed by atoms with Gasteiger partial charge in [-0.05, 0) is 42.7 Å². The SMILES string of the molecule is O=C(c1cnn2cccnc12)N1CCCC(c2cccc(Cc3ccccc3F)n2)C1. The molecule has 0 spiro atoms. The average Bonchev–Trinajstić information content (AvgIpc) is 3.25. The van der Waals surface area contributed by atoms with Gasteiger partial charge in [0.25, 0.3) is 5.91 Å². The monoisotopic (exact) mass is 415 g/mol. The number of rotatable bonds is 4. The third kappa shape index (κ3) is 3.91. The molecule has 1 aliphatic rings. The highest BCUT2D eigenvalue weighted by atomic mass is 19.1. The van der Waals surface area contributed by atoms with Crippen molar-refractivity contribution in [1.29, 1.82) is 0 Å².